The number of halogens is 1. The van der Waals surface area contributed by atoms with Gasteiger partial charge < -0.3 is 15.4 Å². The number of aromatic nitrogens is 1. The van der Waals surface area contributed by atoms with Crippen LogP contribution in [0.25, 0.3) is 22.8 Å². The summed E-state index contributed by atoms with van der Waals surface area (Å²) in [7, 11) is 0. The third-order valence-electron chi connectivity index (χ3n) is 4.96. The number of aromatic carboxylic acids is 1. The number of H-pyrrole nitrogens is 1. The van der Waals surface area contributed by atoms with E-state index in [1.54, 1.807) is 19.9 Å². The fraction of sp³-hybridized carbons (Fsp3) is 0.0909. The van der Waals surface area contributed by atoms with Gasteiger partial charge in [0, 0.05) is 27.1 Å². The Kier molecular flexibility index (Phi) is 4.43. The zero-order valence-electron chi connectivity index (χ0n) is 15.3. The lowest BCUT2D eigenvalue weighted by Gasteiger charge is -2.09. The lowest BCUT2D eigenvalue weighted by Crippen LogP contribution is -2.03. The Balaban J connectivity index is 1.90. The molecule has 1 aliphatic heterocycles. The van der Waals surface area contributed by atoms with E-state index in [9.17, 15) is 14.7 Å². The van der Waals surface area contributed by atoms with Crippen LogP contribution in [0.2, 0.25) is 0 Å². The zero-order chi connectivity index (χ0) is 20.0. The van der Waals surface area contributed by atoms with Crippen molar-refractivity contribution in [3.8, 4) is 11.1 Å². The van der Waals surface area contributed by atoms with Crippen LogP contribution in [0.4, 0.5) is 5.69 Å². The monoisotopic (exact) mass is 436 g/mol. The summed E-state index contributed by atoms with van der Waals surface area (Å²) < 4.78 is 0.979. The number of carbonyl (C=O) groups excluding carboxylic acids is 1. The standard InChI is InChI=1S/C22H17BrN2O3/c1-11-18(24-12(2)19(11)22(27)28)10-16-20-15(13-6-8-14(23)9-7-13)4-3-5-17(20)25-21(16)26/h3-10,24H,1-2H3,(H,25,26)(H,27,28). The Morgan fingerprint density at radius 2 is 1.82 bits per heavy atom. The van der Waals surface area contributed by atoms with Crippen LogP contribution in [-0.2, 0) is 4.79 Å². The molecular weight excluding hydrogens is 420 g/mol. The number of fused-ring (bicyclic) bond motifs is 1. The Morgan fingerprint density at radius 3 is 2.46 bits per heavy atom. The van der Waals surface area contributed by atoms with E-state index in [-0.39, 0.29) is 11.5 Å². The lowest BCUT2D eigenvalue weighted by molar-refractivity contribution is -0.110. The highest BCUT2D eigenvalue weighted by molar-refractivity contribution is 9.10. The molecule has 0 spiro atoms. The fourth-order valence-corrected chi connectivity index (χ4v) is 3.91. The van der Waals surface area contributed by atoms with Gasteiger partial charge in [0.05, 0.1) is 11.1 Å². The molecule has 1 aliphatic rings. The lowest BCUT2D eigenvalue weighted by atomic mass is 9.94. The molecule has 0 unspecified atom stereocenters. The molecule has 28 heavy (non-hydrogen) atoms. The number of carbonyl (C=O) groups is 2. The number of hydrogen-bond donors (Lipinski definition) is 3. The molecular formula is C22H17BrN2O3. The molecule has 0 aliphatic carbocycles. The maximum absolute atomic E-state index is 12.7. The first-order valence-corrected chi connectivity index (χ1v) is 9.51. The molecule has 3 aromatic rings. The number of carboxylic acid groups (broad SMARTS) is 1. The van der Waals surface area contributed by atoms with Crippen LogP contribution in [0.5, 0.6) is 0 Å². The highest BCUT2D eigenvalue weighted by atomic mass is 79.9. The molecule has 4 rings (SSSR count). The fourth-order valence-electron chi connectivity index (χ4n) is 3.64. The van der Waals surface area contributed by atoms with Crippen LogP contribution in [0.3, 0.4) is 0 Å². The van der Waals surface area contributed by atoms with Crippen molar-refractivity contribution in [3.63, 3.8) is 0 Å². The molecule has 0 saturated carbocycles. The highest BCUT2D eigenvalue weighted by Crippen LogP contribution is 2.41. The number of aryl methyl sites for hydroxylation is 1. The maximum Gasteiger partial charge on any atom is 0.337 e. The van der Waals surface area contributed by atoms with Crippen molar-refractivity contribution in [2.45, 2.75) is 13.8 Å². The summed E-state index contributed by atoms with van der Waals surface area (Å²) in [6.45, 7) is 3.46. The third-order valence-corrected chi connectivity index (χ3v) is 5.49. The predicted molar refractivity (Wildman–Crippen MR) is 113 cm³/mol. The number of nitrogens with one attached hydrogen (secondary N) is 2. The molecule has 2 aromatic carbocycles. The van der Waals surface area contributed by atoms with Crippen LogP contribution in [0.15, 0.2) is 46.9 Å². The Hall–Kier alpha value is -3.12. The van der Waals surface area contributed by atoms with Gasteiger partial charge in [-0.15, -0.1) is 0 Å². The summed E-state index contributed by atoms with van der Waals surface area (Å²) in [5.74, 6) is -1.19. The van der Waals surface area contributed by atoms with E-state index in [1.807, 2.05) is 42.5 Å². The van der Waals surface area contributed by atoms with E-state index < -0.39 is 5.97 Å². The van der Waals surface area contributed by atoms with Gasteiger partial charge >= 0.3 is 5.97 Å². The molecule has 0 bridgehead atoms. The third kappa shape index (κ3) is 2.96. The van der Waals surface area contributed by atoms with Gasteiger partial charge in [0.25, 0.3) is 5.91 Å². The first kappa shape index (κ1) is 18.3. The van der Waals surface area contributed by atoms with Gasteiger partial charge in [0.1, 0.15) is 0 Å². The summed E-state index contributed by atoms with van der Waals surface area (Å²) in [5, 5.41) is 12.3. The number of benzene rings is 2. The Bertz CT molecular complexity index is 1160. The molecule has 0 radical (unpaired) electrons. The van der Waals surface area contributed by atoms with E-state index in [0.29, 0.717) is 22.5 Å². The van der Waals surface area contributed by atoms with Gasteiger partial charge in [-0.25, -0.2) is 4.79 Å². The molecule has 3 N–H and O–H groups in total. The van der Waals surface area contributed by atoms with Crippen molar-refractivity contribution >= 4 is 45.1 Å². The molecule has 0 saturated heterocycles. The average Bonchev–Trinajstić information content (AvgIpc) is 3.11. The van der Waals surface area contributed by atoms with Gasteiger partial charge in [-0.05, 0) is 54.8 Å². The first-order chi connectivity index (χ1) is 13.4. The van der Waals surface area contributed by atoms with Crippen LogP contribution in [0.1, 0.15) is 32.9 Å². The van der Waals surface area contributed by atoms with Crippen molar-refractivity contribution < 1.29 is 14.7 Å². The second-order valence-electron chi connectivity index (χ2n) is 6.72. The minimum absolute atomic E-state index is 0.205. The largest absolute Gasteiger partial charge is 0.478 e. The molecule has 0 fully saturated rings. The summed E-state index contributed by atoms with van der Waals surface area (Å²) in [4.78, 5) is 27.3. The molecule has 2 heterocycles. The van der Waals surface area contributed by atoms with Gasteiger partial charge in [-0.2, -0.15) is 0 Å². The molecule has 0 atom stereocenters. The predicted octanol–water partition coefficient (Wildman–Crippen LogP) is 5.25. The highest BCUT2D eigenvalue weighted by Gasteiger charge is 2.28. The number of amides is 1. The number of aromatic amines is 1. The zero-order valence-corrected chi connectivity index (χ0v) is 16.8. The van der Waals surface area contributed by atoms with Crippen molar-refractivity contribution in [3.05, 3.63) is 75.0 Å². The molecule has 1 aromatic heterocycles. The van der Waals surface area contributed by atoms with Crippen molar-refractivity contribution in [1.29, 1.82) is 0 Å². The summed E-state index contributed by atoms with van der Waals surface area (Å²) in [6.07, 6.45) is 1.73. The molecule has 6 heteroatoms. The minimum Gasteiger partial charge on any atom is -0.478 e. The van der Waals surface area contributed by atoms with E-state index in [0.717, 1.165) is 26.9 Å². The Morgan fingerprint density at radius 1 is 1.11 bits per heavy atom. The van der Waals surface area contributed by atoms with E-state index in [1.165, 1.54) is 0 Å². The van der Waals surface area contributed by atoms with Gasteiger partial charge in [0.2, 0.25) is 0 Å². The van der Waals surface area contributed by atoms with Crippen molar-refractivity contribution in [2.75, 3.05) is 5.32 Å². The van der Waals surface area contributed by atoms with Crippen LogP contribution in [0, 0.1) is 13.8 Å². The smallest absolute Gasteiger partial charge is 0.337 e. The van der Waals surface area contributed by atoms with Crippen molar-refractivity contribution in [2.24, 2.45) is 0 Å². The maximum atomic E-state index is 12.7. The topological polar surface area (TPSA) is 82.2 Å². The van der Waals surface area contributed by atoms with E-state index in [2.05, 4.69) is 26.2 Å². The summed E-state index contributed by atoms with van der Waals surface area (Å²) in [6, 6.07) is 13.7. The van der Waals surface area contributed by atoms with Crippen molar-refractivity contribution in [1.82, 2.24) is 4.98 Å². The normalized spacial score (nSPS) is 14.2. The summed E-state index contributed by atoms with van der Waals surface area (Å²) >= 11 is 3.44. The molecule has 1 amide bonds. The number of rotatable bonds is 3. The van der Waals surface area contributed by atoms with Crippen LogP contribution in [-0.4, -0.2) is 22.0 Å². The molecule has 140 valence electrons. The number of hydrogen-bond acceptors (Lipinski definition) is 2. The first-order valence-electron chi connectivity index (χ1n) is 8.71. The summed E-state index contributed by atoms with van der Waals surface area (Å²) in [5.41, 5.74) is 6.05. The SMILES string of the molecule is Cc1[nH]c(C=C2C(=O)Nc3cccc(-c4ccc(Br)cc4)c32)c(C)c1C(=O)O. The van der Waals surface area contributed by atoms with Gasteiger partial charge in [0.15, 0.2) is 0 Å². The Labute approximate surface area is 170 Å². The minimum atomic E-state index is -0.984. The van der Waals surface area contributed by atoms with E-state index >= 15 is 0 Å². The average molecular weight is 437 g/mol. The molecule has 5 nitrogen and oxygen atoms in total. The second-order valence-corrected chi connectivity index (χ2v) is 7.63. The second kappa shape index (κ2) is 6.80. The van der Waals surface area contributed by atoms with E-state index in [4.69, 9.17) is 0 Å². The van der Waals surface area contributed by atoms with Gasteiger partial charge in [-0.3, -0.25) is 4.79 Å². The number of carboxylic acids is 1. The van der Waals surface area contributed by atoms with Crippen LogP contribution >= 0.6 is 15.9 Å². The van der Waals surface area contributed by atoms with Gasteiger partial charge in [-0.1, -0.05) is 40.2 Å². The van der Waals surface area contributed by atoms with Crippen LogP contribution < -0.4 is 5.32 Å². The quantitative estimate of drug-likeness (QED) is 0.490. The number of anilines is 1.